The van der Waals surface area contributed by atoms with E-state index in [9.17, 15) is 18.0 Å². The summed E-state index contributed by atoms with van der Waals surface area (Å²) >= 11 is 0. The average Bonchev–Trinajstić information content (AvgIpc) is 3.46. The maximum absolute atomic E-state index is 14.1. The summed E-state index contributed by atoms with van der Waals surface area (Å²) < 4.78 is 26.9. The van der Waals surface area contributed by atoms with E-state index in [2.05, 4.69) is 31.3 Å². The van der Waals surface area contributed by atoms with Gasteiger partial charge in [0.25, 0.3) is 0 Å². The van der Waals surface area contributed by atoms with Gasteiger partial charge in [0, 0.05) is 13.1 Å². The van der Waals surface area contributed by atoms with E-state index in [1.165, 1.54) is 15.4 Å². The average molecular weight is 510 g/mol. The van der Waals surface area contributed by atoms with Crippen LogP contribution in [0.3, 0.4) is 0 Å². The first-order chi connectivity index (χ1) is 17.3. The van der Waals surface area contributed by atoms with Gasteiger partial charge < -0.3 is 10.2 Å². The molecule has 2 saturated heterocycles. The summed E-state index contributed by atoms with van der Waals surface area (Å²) in [4.78, 5) is 29.4. The Labute approximate surface area is 213 Å². The Morgan fingerprint density at radius 3 is 2.22 bits per heavy atom. The van der Waals surface area contributed by atoms with Crippen molar-refractivity contribution in [3.63, 3.8) is 0 Å². The van der Waals surface area contributed by atoms with E-state index in [-0.39, 0.29) is 35.9 Å². The van der Waals surface area contributed by atoms with Gasteiger partial charge in [-0.2, -0.15) is 0 Å². The van der Waals surface area contributed by atoms with Crippen molar-refractivity contribution in [2.24, 2.45) is 11.8 Å². The van der Waals surface area contributed by atoms with Crippen molar-refractivity contribution in [2.75, 3.05) is 16.6 Å². The van der Waals surface area contributed by atoms with Gasteiger partial charge in [0.1, 0.15) is 12.1 Å². The third kappa shape index (κ3) is 4.40. The lowest BCUT2D eigenvalue weighted by atomic mass is 9.86. The summed E-state index contributed by atoms with van der Waals surface area (Å²) in [6, 6.07) is 14.5. The van der Waals surface area contributed by atoms with E-state index in [0.717, 1.165) is 31.2 Å². The van der Waals surface area contributed by atoms with Crippen LogP contribution in [0.5, 0.6) is 0 Å². The second kappa shape index (κ2) is 9.88. The van der Waals surface area contributed by atoms with Gasteiger partial charge in [-0.15, -0.1) is 0 Å². The summed E-state index contributed by atoms with van der Waals surface area (Å²) in [7, 11) is -3.37. The summed E-state index contributed by atoms with van der Waals surface area (Å²) in [5, 5.41) is 3.10. The highest BCUT2D eigenvalue weighted by Crippen LogP contribution is 2.35. The van der Waals surface area contributed by atoms with Crippen molar-refractivity contribution in [3.05, 3.63) is 65.2 Å². The van der Waals surface area contributed by atoms with Crippen LogP contribution in [0, 0.1) is 11.8 Å². The molecule has 0 aromatic heterocycles. The van der Waals surface area contributed by atoms with E-state index >= 15 is 0 Å². The lowest BCUT2D eigenvalue weighted by Crippen LogP contribution is -2.66. The molecule has 0 saturated carbocycles. The van der Waals surface area contributed by atoms with Crippen LogP contribution in [-0.2, 0) is 39.0 Å². The maximum Gasteiger partial charge on any atom is 0.246 e. The molecule has 2 amide bonds. The molecule has 36 heavy (non-hydrogen) atoms. The number of hydrogen-bond donors (Lipinski definition) is 1. The fourth-order valence-corrected chi connectivity index (χ4v) is 7.87. The lowest BCUT2D eigenvalue weighted by molar-refractivity contribution is -0.154. The molecule has 0 bridgehead atoms. The van der Waals surface area contributed by atoms with Gasteiger partial charge in [-0.3, -0.25) is 13.9 Å². The fraction of sp³-hybridized carbons (Fsp3) is 0.500. The zero-order valence-corrected chi connectivity index (χ0v) is 21.8. The van der Waals surface area contributed by atoms with Crippen molar-refractivity contribution < 1.29 is 18.0 Å². The van der Waals surface area contributed by atoms with Crippen molar-refractivity contribution in [1.82, 2.24) is 10.2 Å². The molecule has 7 nitrogen and oxygen atoms in total. The molecule has 1 N–H and O–H groups in total. The van der Waals surface area contributed by atoms with Crippen LogP contribution >= 0.6 is 0 Å². The largest absolute Gasteiger partial charge is 0.342 e. The quantitative estimate of drug-likeness (QED) is 0.621. The molecule has 0 radical (unpaired) electrons. The van der Waals surface area contributed by atoms with E-state index < -0.39 is 22.1 Å². The summed E-state index contributed by atoms with van der Waals surface area (Å²) in [5.41, 5.74) is 3.85. The number of rotatable bonds is 7. The molecule has 2 aliphatic heterocycles. The van der Waals surface area contributed by atoms with Gasteiger partial charge >= 0.3 is 0 Å². The molecule has 2 fully saturated rings. The van der Waals surface area contributed by atoms with Crippen LogP contribution in [-0.4, -0.2) is 49.5 Å². The van der Waals surface area contributed by atoms with Crippen molar-refractivity contribution in [1.29, 1.82) is 0 Å². The fourth-order valence-electron chi connectivity index (χ4n) is 6.27. The zero-order chi connectivity index (χ0) is 25.4. The zero-order valence-electron chi connectivity index (χ0n) is 21.0. The number of piperazine rings is 1. The van der Waals surface area contributed by atoms with E-state index in [4.69, 9.17) is 0 Å². The summed E-state index contributed by atoms with van der Waals surface area (Å²) in [6.45, 7) is 4.75. The Kier molecular flexibility index (Phi) is 6.81. The number of nitrogens with one attached hydrogen (secondary N) is 1. The number of nitrogens with zero attached hydrogens (tertiary/aromatic N) is 2. The molecule has 2 aromatic rings. The molecule has 3 aliphatic rings. The lowest BCUT2D eigenvalue weighted by Gasteiger charge is -2.44. The van der Waals surface area contributed by atoms with Gasteiger partial charge in [-0.05, 0) is 53.9 Å². The molecule has 1 unspecified atom stereocenters. The SMILES string of the molecule is CCC(CC)[C@@H]1C(=O)NC(C2Cc3ccccc3C2)C(=O)N1Cc1ccccc1N1CCCS1(=O)=O. The molecule has 5 rings (SSSR count). The van der Waals surface area contributed by atoms with Crippen molar-refractivity contribution in [3.8, 4) is 0 Å². The Bertz CT molecular complexity index is 1230. The number of para-hydroxylation sites is 1. The first-order valence-electron chi connectivity index (χ1n) is 13.1. The van der Waals surface area contributed by atoms with Crippen molar-refractivity contribution in [2.45, 2.75) is 64.6 Å². The van der Waals surface area contributed by atoms with Crippen LogP contribution in [0.4, 0.5) is 5.69 Å². The first kappa shape index (κ1) is 24.8. The van der Waals surface area contributed by atoms with Gasteiger partial charge in [-0.1, -0.05) is 69.2 Å². The molecule has 1 aliphatic carbocycles. The topological polar surface area (TPSA) is 86.8 Å². The normalized spacial score (nSPS) is 23.9. The van der Waals surface area contributed by atoms with Crippen LogP contribution in [0.2, 0.25) is 0 Å². The van der Waals surface area contributed by atoms with Gasteiger partial charge in [0.2, 0.25) is 21.8 Å². The number of anilines is 1. The predicted octanol–water partition coefficient (Wildman–Crippen LogP) is 3.27. The maximum atomic E-state index is 14.1. The standard InChI is InChI=1S/C28H35N3O4S/c1-3-19(4-2)26-27(32)29-25(23-16-20-10-5-6-11-21(20)17-23)28(33)30(26)18-22-12-7-8-13-24(22)31-14-9-15-36(31,34)35/h5-8,10-13,19,23,25-26H,3-4,9,14-18H2,1-2H3,(H,29,32)/t25?,26-/m1/s1. The van der Waals surface area contributed by atoms with Crippen LogP contribution in [0.1, 0.15) is 49.8 Å². The minimum Gasteiger partial charge on any atom is -0.342 e. The molecule has 2 heterocycles. The number of amides is 2. The van der Waals surface area contributed by atoms with Crippen molar-refractivity contribution >= 4 is 27.5 Å². The van der Waals surface area contributed by atoms with Crippen LogP contribution in [0.15, 0.2) is 48.5 Å². The number of carbonyl (C=O) groups excluding carboxylic acids is 2. The highest BCUT2D eigenvalue weighted by molar-refractivity contribution is 7.93. The highest BCUT2D eigenvalue weighted by Gasteiger charge is 2.47. The minimum atomic E-state index is -3.37. The predicted molar refractivity (Wildman–Crippen MR) is 140 cm³/mol. The number of carbonyl (C=O) groups is 2. The number of benzene rings is 2. The Balaban J connectivity index is 1.49. The number of hydrogen-bond acceptors (Lipinski definition) is 4. The molecule has 2 aromatic carbocycles. The molecule has 0 spiro atoms. The molecule has 192 valence electrons. The van der Waals surface area contributed by atoms with Crippen LogP contribution < -0.4 is 9.62 Å². The van der Waals surface area contributed by atoms with Crippen LogP contribution in [0.25, 0.3) is 0 Å². The third-order valence-electron chi connectivity index (χ3n) is 8.20. The molecule has 8 heteroatoms. The van der Waals surface area contributed by atoms with Gasteiger partial charge in [-0.25, -0.2) is 8.42 Å². The Morgan fingerprint density at radius 2 is 1.61 bits per heavy atom. The molecular formula is C28H35N3O4S. The van der Waals surface area contributed by atoms with Gasteiger partial charge in [0.05, 0.1) is 11.4 Å². The number of fused-ring (bicyclic) bond motifs is 1. The van der Waals surface area contributed by atoms with E-state index in [1.807, 2.05) is 36.4 Å². The smallest absolute Gasteiger partial charge is 0.246 e. The summed E-state index contributed by atoms with van der Waals surface area (Å²) in [5.74, 6) is 0.00283. The minimum absolute atomic E-state index is 0.0122. The first-order valence-corrected chi connectivity index (χ1v) is 14.7. The molecular weight excluding hydrogens is 474 g/mol. The Morgan fingerprint density at radius 1 is 0.972 bits per heavy atom. The second-order valence-corrected chi connectivity index (χ2v) is 12.3. The second-order valence-electron chi connectivity index (χ2n) is 10.3. The summed E-state index contributed by atoms with van der Waals surface area (Å²) in [6.07, 6.45) is 3.67. The molecule has 2 atom stereocenters. The highest BCUT2D eigenvalue weighted by atomic mass is 32.2. The third-order valence-corrected chi connectivity index (χ3v) is 10.1. The van der Waals surface area contributed by atoms with Gasteiger partial charge in [0.15, 0.2) is 0 Å². The Hall–Kier alpha value is -2.87. The monoisotopic (exact) mass is 509 g/mol. The van der Waals surface area contributed by atoms with E-state index in [0.29, 0.717) is 18.7 Å². The number of sulfonamides is 1. The van der Waals surface area contributed by atoms with E-state index in [1.54, 1.807) is 4.90 Å².